The molecule has 2 aromatic carbocycles. The van der Waals surface area contributed by atoms with Gasteiger partial charge in [0, 0.05) is 34.9 Å². The van der Waals surface area contributed by atoms with E-state index in [1.807, 2.05) is 56.4 Å². The predicted octanol–water partition coefficient (Wildman–Crippen LogP) is 5.26. The summed E-state index contributed by atoms with van der Waals surface area (Å²) < 4.78 is 7.29. The van der Waals surface area contributed by atoms with Crippen molar-refractivity contribution in [2.75, 3.05) is 12.4 Å². The van der Waals surface area contributed by atoms with Gasteiger partial charge in [-0.15, -0.1) is 11.3 Å². The fourth-order valence-electron chi connectivity index (χ4n) is 3.32. The number of anilines is 1. The topological polar surface area (TPSA) is 55.6 Å². The number of amides is 1. The second-order valence-electron chi connectivity index (χ2n) is 7.10. The first-order valence-corrected chi connectivity index (χ1v) is 10.4. The molecule has 5 nitrogen and oxygen atoms in total. The zero-order valence-electron chi connectivity index (χ0n) is 16.7. The molecule has 2 aromatic heterocycles. The van der Waals surface area contributed by atoms with Gasteiger partial charge in [0.05, 0.1) is 12.8 Å². The molecule has 0 aliphatic heterocycles. The summed E-state index contributed by atoms with van der Waals surface area (Å²) in [5.41, 5.74) is 6.19. The number of aryl methyl sites for hydroxylation is 3. The number of benzene rings is 2. The standard InChI is InChI=1S/C23H23N3O2S/c1-15-4-10-20(16(2)12-15)24-22(27)11-7-18-14-29-23-25-21(13-26(18)23)17-5-8-19(28-3)9-6-17/h4-6,8-10,12-14H,7,11H2,1-3H3,(H,24,27). The van der Waals surface area contributed by atoms with Crippen LogP contribution in [-0.4, -0.2) is 22.4 Å². The number of nitrogens with one attached hydrogen (secondary N) is 1. The summed E-state index contributed by atoms with van der Waals surface area (Å²) in [6.07, 6.45) is 3.12. The van der Waals surface area contributed by atoms with Crippen molar-refractivity contribution in [2.45, 2.75) is 26.7 Å². The number of aromatic nitrogens is 2. The summed E-state index contributed by atoms with van der Waals surface area (Å²) in [7, 11) is 1.66. The molecule has 0 unspecified atom stereocenters. The van der Waals surface area contributed by atoms with Crippen LogP contribution in [0.3, 0.4) is 0 Å². The summed E-state index contributed by atoms with van der Waals surface area (Å²) >= 11 is 1.59. The molecule has 0 saturated heterocycles. The lowest BCUT2D eigenvalue weighted by Gasteiger charge is -2.09. The Morgan fingerprint density at radius 3 is 2.69 bits per heavy atom. The molecule has 0 atom stereocenters. The number of fused-ring (bicyclic) bond motifs is 1. The Kier molecular flexibility index (Phi) is 5.36. The Morgan fingerprint density at radius 1 is 1.17 bits per heavy atom. The lowest BCUT2D eigenvalue weighted by molar-refractivity contribution is -0.116. The van der Waals surface area contributed by atoms with Crippen LogP contribution in [-0.2, 0) is 11.2 Å². The van der Waals surface area contributed by atoms with E-state index in [9.17, 15) is 4.79 Å². The van der Waals surface area contributed by atoms with Gasteiger partial charge in [-0.3, -0.25) is 9.20 Å². The molecule has 0 aliphatic carbocycles. The van der Waals surface area contributed by atoms with Crippen molar-refractivity contribution >= 4 is 27.9 Å². The quantitative estimate of drug-likeness (QED) is 0.476. The van der Waals surface area contributed by atoms with Crippen LogP contribution < -0.4 is 10.1 Å². The lowest BCUT2D eigenvalue weighted by Crippen LogP contribution is -2.13. The molecule has 4 rings (SSSR count). The van der Waals surface area contributed by atoms with Crippen LogP contribution >= 0.6 is 11.3 Å². The average Bonchev–Trinajstić information content (AvgIpc) is 3.30. The summed E-state index contributed by atoms with van der Waals surface area (Å²) in [5.74, 6) is 0.845. The van der Waals surface area contributed by atoms with Gasteiger partial charge in [-0.2, -0.15) is 0 Å². The molecule has 2 heterocycles. The minimum absolute atomic E-state index is 0.0202. The number of hydrogen-bond acceptors (Lipinski definition) is 4. The number of ether oxygens (including phenoxy) is 1. The van der Waals surface area contributed by atoms with E-state index >= 15 is 0 Å². The van der Waals surface area contributed by atoms with Crippen LogP contribution in [0.4, 0.5) is 5.69 Å². The first-order chi connectivity index (χ1) is 14.0. The smallest absolute Gasteiger partial charge is 0.224 e. The number of nitrogens with zero attached hydrogens (tertiary/aromatic N) is 2. The first-order valence-electron chi connectivity index (χ1n) is 9.50. The van der Waals surface area contributed by atoms with Crippen molar-refractivity contribution < 1.29 is 9.53 Å². The normalized spacial score (nSPS) is 11.0. The summed E-state index contributed by atoms with van der Waals surface area (Å²) in [4.78, 5) is 18.1. The van der Waals surface area contributed by atoms with E-state index in [2.05, 4.69) is 21.2 Å². The van der Waals surface area contributed by atoms with Crippen molar-refractivity contribution in [3.63, 3.8) is 0 Å². The van der Waals surface area contributed by atoms with Crippen LogP contribution in [0.2, 0.25) is 0 Å². The van der Waals surface area contributed by atoms with E-state index in [1.165, 1.54) is 5.56 Å². The van der Waals surface area contributed by atoms with Crippen LogP contribution in [0.25, 0.3) is 16.2 Å². The van der Waals surface area contributed by atoms with Gasteiger partial charge >= 0.3 is 0 Å². The molecule has 4 aromatic rings. The minimum Gasteiger partial charge on any atom is -0.497 e. The Morgan fingerprint density at radius 2 is 1.97 bits per heavy atom. The van der Waals surface area contributed by atoms with Crippen molar-refractivity contribution in [2.24, 2.45) is 0 Å². The van der Waals surface area contributed by atoms with Gasteiger partial charge in [0.1, 0.15) is 5.75 Å². The molecular formula is C23H23N3O2S. The SMILES string of the molecule is COc1ccc(-c2cn3c(CCC(=O)Nc4ccc(C)cc4C)csc3n2)cc1. The highest BCUT2D eigenvalue weighted by Gasteiger charge is 2.12. The zero-order chi connectivity index (χ0) is 20.4. The number of methoxy groups -OCH3 is 1. The molecule has 0 radical (unpaired) electrons. The molecule has 0 fully saturated rings. The van der Waals surface area contributed by atoms with Gasteiger partial charge in [-0.1, -0.05) is 17.7 Å². The van der Waals surface area contributed by atoms with Crippen LogP contribution in [0.5, 0.6) is 5.75 Å². The molecule has 29 heavy (non-hydrogen) atoms. The molecule has 1 amide bonds. The molecule has 0 aliphatic rings. The second-order valence-corrected chi connectivity index (χ2v) is 7.94. The Balaban J connectivity index is 1.45. The molecular weight excluding hydrogens is 382 g/mol. The minimum atomic E-state index is 0.0202. The average molecular weight is 406 g/mol. The lowest BCUT2D eigenvalue weighted by atomic mass is 10.1. The molecule has 0 saturated carbocycles. The summed E-state index contributed by atoms with van der Waals surface area (Å²) in [6, 6.07) is 13.9. The van der Waals surface area contributed by atoms with E-state index in [0.29, 0.717) is 12.8 Å². The Hall–Kier alpha value is -3.12. The maximum atomic E-state index is 12.4. The number of rotatable bonds is 6. The van der Waals surface area contributed by atoms with E-state index < -0.39 is 0 Å². The first kappa shape index (κ1) is 19.2. The molecule has 148 valence electrons. The van der Waals surface area contributed by atoms with Gasteiger partial charge in [-0.05, 0) is 56.2 Å². The predicted molar refractivity (Wildman–Crippen MR) is 118 cm³/mol. The van der Waals surface area contributed by atoms with Gasteiger partial charge < -0.3 is 10.1 Å². The van der Waals surface area contributed by atoms with Crippen LogP contribution in [0.1, 0.15) is 23.2 Å². The highest BCUT2D eigenvalue weighted by molar-refractivity contribution is 7.15. The zero-order valence-corrected chi connectivity index (χ0v) is 17.5. The van der Waals surface area contributed by atoms with E-state index in [4.69, 9.17) is 9.72 Å². The Labute approximate surface area is 174 Å². The van der Waals surface area contributed by atoms with Crippen molar-refractivity contribution in [3.05, 3.63) is 70.9 Å². The number of thiazole rings is 1. The van der Waals surface area contributed by atoms with Crippen LogP contribution in [0, 0.1) is 13.8 Å². The molecule has 6 heteroatoms. The van der Waals surface area contributed by atoms with E-state index in [1.54, 1.807) is 18.4 Å². The fourth-order valence-corrected chi connectivity index (χ4v) is 4.23. The van der Waals surface area contributed by atoms with Crippen molar-refractivity contribution in [3.8, 4) is 17.0 Å². The number of carbonyl (C=O) groups is 1. The maximum absolute atomic E-state index is 12.4. The van der Waals surface area contributed by atoms with Gasteiger partial charge in [0.25, 0.3) is 0 Å². The monoisotopic (exact) mass is 405 g/mol. The maximum Gasteiger partial charge on any atom is 0.224 e. The largest absolute Gasteiger partial charge is 0.497 e. The van der Waals surface area contributed by atoms with E-state index in [-0.39, 0.29) is 5.91 Å². The Bertz CT molecular complexity index is 1160. The van der Waals surface area contributed by atoms with Gasteiger partial charge in [0.15, 0.2) is 4.96 Å². The highest BCUT2D eigenvalue weighted by Crippen LogP contribution is 2.26. The fraction of sp³-hybridized carbons (Fsp3) is 0.217. The number of carbonyl (C=O) groups excluding carboxylic acids is 1. The van der Waals surface area contributed by atoms with Crippen molar-refractivity contribution in [1.29, 1.82) is 0 Å². The summed E-state index contributed by atoms with van der Waals surface area (Å²) in [6.45, 7) is 4.06. The second kappa shape index (κ2) is 8.09. The number of imidazole rings is 1. The molecule has 1 N–H and O–H groups in total. The third-order valence-corrected chi connectivity index (χ3v) is 5.82. The van der Waals surface area contributed by atoms with Crippen LogP contribution in [0.15, 0.2) is 54.0 Å². The third-order valence-electron chi connectivity index (χ3n) is 4.93. The van der Waals surface area contributed by atoms with Gasteiger partial charge in [-0.25, -0.2) is 4.98 Å². The van der Waals surface area contributed by atoms with E-state index in [0.717, 1.165) is 38.9 Å². The highest BCUT2D eigenvalue weighted by atomic mass is 32.1. The molecule has 0 spiro atoms. The third kappa shape index (κ3) is 4.17. The van der Waals surface area contributed by atoms with Crippen molar-refractivity contribution in [1.82, 2.24) is 9.38 Å². The molecule has 0 bridgehead atoms. The number of hydrogen-bond donors (Lipinski definition) is 1. The summed E-state index contributed by atoms with van der Waals surface area (Å²) in [5, 5.41) is 5.09. The van der Waals surface area contributed by atoms with Gasteiger partial charge in [0.2, 0.25) is 5.91 Å².